The number of rotatable bonds is 8. The summed E-state index contributed by atoms with van der Waals surface area (Å²) in [5, 5.41) is 1.09. The van der Waals surface area contributed by atoms with Crippen molar-refractivity contribution in [3.8, 4) is 5.75 Å². The first-order valence-electron chi connectivity index (χ1n) is 8.80. The van der Waals surface area contributed by atoms with Gasteiger partial charge in [0.1, 0.15) is 0 Å². The highest BCUT2D eigenvalue weighted by Crippen LogP contribution is 2.31. The molecule has 0 aliphatic heterocycles. The number of anilines is 1. The summed E-state index contributed by atoms with van der Waals surface area (Å²) in [4.78, 5) is 0. The summed E-state index contributed by atoms with van der Waals surface area (Å²) in [6, 6.07) is 10.8. The Hall–Kier alpha value is -2.38. The lowest BCUT2D eigenvalue weighted by Crippen LogP contribution is -2.24. The second-order valence-corrected chi connectivity index (χ2v) is 8.40. The lowest BCUT2D eigenvalue weighted by Gasteiger charge is -2.15. The molecule has 144 valence electrons. The molecule has 0 aromatic heterocycles. The van der Waals surface area contributed by atoms with Crippen molar-refractivity contribution in [2.75, 3.05) is 12.3 Å². The van der Waals surface area contributed by atoms with Crippen molar-refractivity contribution in [1.29, 1.82) is 0 Å². The van der Waals surface area contributed by atoms with E-state index in [1.165, 1.54) is 12.1 Å². The molecule has 0 amide bonds. The van der Waals surface area contributed by atoms with E-state index in [1.54, 1.807) is 43.3 Å². The van der Waals surface area contributed by atoms with Crippen molar-refractivity contribution < 1.29 is 17.5 Å². The maximum absolute atomic E-state index is 13.9. The highest BCUT2D eigenvalue weighted by Gasteiger charge is 2.23. The smallest absolute Gasteiger partial charge is 0.234 e. The van der Waals surface area contributed by atoms with E-state index in [0.717, 1.165) is 18.2 Å². The van der Waals surface area contributed by atoms with Crippen LogP contribution in [-0.4, -0.2) is 15.0 Å². The second kappa shape index (κ2) is 8.10. The van der Waals surface area contributed by atoms with Crippen LogP contribution in [0.15, 0.2) is 47.9 Å². The van der Waals surface area contributed by atoms with Gasteiger partial charge in [-0.1, -0.05) is 18.2 Å². The normalized spacial score (nSPS) is 15.8. The Bertz CT molecular complexity index is 940. The van der Waals surface area contributed by atoms with Gasteiger partial charge in [0, 0.05) is 17.1 Å². The largest absolute Gasteiger partial charge is 0.490 e. The van der Waals surface area contributed by atoms with Crippen molar-refractivity contribution >= 4 is 21.8 Å². The topological polar surface area (TPSA) is 81.4 Å². The number of hydrogen-bond acceptors (Lipinski definition) is 4. The van der Waals surface area contributed by atoms with Gasteiger partial charge in [-0.05, 0) is 67.2 Å². The van der Waals surface area contributed by atoms with Gasteiger partial charge in [0.25, 0.3) is 0 Å². The van der Waals surface area contributed by atoms with Gasteiger partial charge >= 0.3 is 0 Å². The minimum absolute atomic E-state index is 0.153. The molecule has 0 spiro atoms. The van der Waals surface area contributed by atoms with E-state index in [1.807, 2.05) is 0 Å². The van der Waals surface area contributed by atoms with Gasteiger partial charge in [-0.3, -0.25) is 0 Å². The minimum atomic E-state index is -3.68. The van der Waals surface area contributed by atoms with Crippen molar-refractivity contribution in [2.45, 2.75) is 25.8 Å². The lowest BCUT2D eigenvalue weighted by atomic mass is 10.1. The molecule has 5 nitrogen and oxygen atoms in total. The van der Waals surface area contributed by atoms with Crippen LogP contribution in [0.4, 0.5) is 10.1 Å². The number of nitrogens with one attached hydrogen (secondary N) is 1. The van der Waals surface area contributed by atoms with Crippen molar-refractivity contribution in [3.63, 3.8) is 0 Å². The summed E-state index contributed by atoms with van der Waals surface area (Å²) in [7, 11) is -3.68. The molecule has 1 atom stereocenters. The van der Waals surface area contributed by atoms with Gasteiger partial charge in [-0.15, -0.1) is 0 Å². The minimum Gasteiger partial charge on any atom is -0.490 e. The Morgan fingerprint density at radius 2 is 2.07 bits per heavy atom. The molecule has 2 aromatic carbocycles. The van der Waals surface area contributed by atoms with Crippen LogP contribution >= 0.6 is 0 Å². The summed E-state index contributed by atoms with van der Waals surface area (Å²) >= 11 is 0. The Kier molecular flexibility index (Phi) is 5.82. The summed E-state index contributed by atoms with van der Waals surface area (Å²) < 4.78 is 46.6. The van der Waals surface area contributed by atoms with Crippen molar-refractivity contribution in [1.82, 2.24) is 4.72 Å². The molecule has 1 aliphatic rings. The first-order chi connectivity index (χ1) is 12.8. The van der Waals surface area contributed by atoms with E-state index in [2.05, 4.69) is 4.72 Å². The number of benzene rings is 2. The van der Waals surface area contributed by atoms with E-state index in [4.69, 9.17) is 10.5 Å². The molecule has 27 heavy (non-hydrogen) atoms. The third kappa shape index (κ3) is 5.80. The molecule has 2 aromatic rings. The molecule has 1 saturated carbocycles. The molecule has 1 aliphatic carbocycles. The van der Waals surface area contributed by atoms with Crippen molar-refractivity contribution in [2.24, 2.45) is 5.92 Å². The molecule has 3 N–H and O–H groups in total. The average Bonchev–Trinajstić information content (AvgIpc) is 3.43. The van der Waals surface area contributed by atoms with Crippen LogP contribution in [0.2, 0.25) is 0 Å². The number of nitrogen functional groups attached to an aromatic ring is 1. The molecule has 0 radical (unpaired) electrons. The predicted octanol–water partition coefficient (Wildman–Crippen LogP) is 3.85. The van der Waals surface area contributed by atoms with Crippen LogP contribution < -0.4 is 15.2 Å². The zero-order chi connectivity index (χ0) is 19.4. The van der Waals surface area contributed by atoms with Gasteiger partial charge in [0.2, 0.25) is 10.0 Å². The van der Waals surface area contributed by atoms with Gasteiger partial charge < -0.3 is 10.5 Å². The number of ether oxygens (including phenoxy) is 1. The van der Waals surface area contributed by atoms with Gasteiger partial charge in [-0.2, -0.15) is 0 Å². The summed E-state index contributed by atoms with van der Waals surface area (Å²) in [6.07, 6.45) is 3.69. The van der Waals surface area contributed by atoms with Crippen LogP contribution in [0, 0.1) is 11.7 Å². The van der Waals surface area contributed by atoms with E-state index < -0.39 is 21.9 Å². The highest BCUT2D eigenvalue weighted by molar-refractivity contribution is 7.92. The van der Waals surface area contributed by atoms with Crippen LogP contribution in [0.1, 0.15) is 36.9 Å². The van der Waals surface area contributed by atoms with Crippen molar-refractivity contribution in [3.05, 3.63) is 64.8 Å². The molecule has 0 heterocycles. The molecule has 0 unspecified atom stereocenters. The van der Waals surface area contributed by atoms with E-state index in [9.17, 15) is 12.8 Å². The number of halogens is 1. The zero-order valence-corrected chi connectivity index (χ0v) is 15.9. The molecular formula is C20H23FN2O3S. The van der Waals surface area contributed by atoms with Gasteiger partial charge in [-0.25, -0.2) is 17.5 Å². The molecule has 1 fully saturated rings. The summed E-state index contributed by atoms with van der Waals surface area (Å²) in [5.74, 6) is 0.206. The van der Waals surface area contributed by atoms with Crippen LogP contribution in [-0.2, 0) is 10.0 Å². The van der Waals surface area contributed by atoms with Crippen LogP contribution in [0.25, 0.3) is 6.08 Å². The van der Waals surface area contributed by atoms with Crippen LogP contribution in [0.3, 0.4) is 0 Å². The predicted molar refractivity (Wildman–Crippen MR) is 105 cm³/mol. The van der Waals surface area contributed by atoms with E-state index in [-0.39, 0.29) is 5.75 Å². The second-order valence-electron chi connectivity index (χ2n) is 6.80. The Morgan fingerprint density at radius 3 is 2.78 bits per heavy atom. The van der Waals surface area contributed by atoms with Crippen LogP contribution in [0.5, 0.6) is 5.75 Å². The molecule has 7 heteroatoms. The first-order valence-corrected chi connectivity index (χ1v) is 10.4. The Balaban J connectivity index is 1.67. The summed E-state index contributed by atoms with van der Waals surface area (Å²) in [5.41, 5.74) is 7.56. The first kappa shape index (κ1) is 19.4. The number of sulfonamides is 1. The quantitative estimate of drug-likeness (QED) is 0.671. The Labute approximate surface area is 159 Å². The standard InChI is InChI=1S/C20H23FN2O3S/c1-14(17-7-8-19(21)20(12-17)26-13-16-5-6-16)23-27(24,25)10-9-15-3-2-4-18(22)11-15/h2-4,7-12,14,16,23H,5-6,13,22H2,1H3/b10-9+/t14-/m1/s1. The third-order valence-electron chi connectivity index (χ3n) is 4.32. The average molecular weight is 390 g/mol. The molecule has 0 saturated heterocycles. The monoisotopic (exact) mass is 390 g/mol. The molecule has 3 rings (SSSR count). The zero-order valence-electron chi connectivity index (χ0n) is 15.1. The van der Waals surface area contributed by atoms with E-state index in [0.29, 0.717) is 29.3 Å². The Morgan fingerprint density at radius 1 is 1.30 bits per heavy atom. The SMILES string of the molecule is C[C@@H](NS(=O)(=O)/C=C/c1cccc(N)c1)c1ccc(F)c(OCC2CC2)c1. The molecule has 0 bridgehead atoms. The fraction of sp³-hybridized carbons (Fsp3) is 0.300. The van der Waals surface area contributed by atoms with E-state index >= 15 is 0 Å². The third-order valence-corrected chi connectivity index (χ3v) is 5.49. The highest BCUT2D eigenvalue weighted by atomic mass is 32.2. The molecular weight excluding hydrogens is 367 g/mol. The maximum Gasteiger partial charge on any atom is 0.234 e. The number of nitrogens with two attached hydrogens (primary N) is 1. The maximum atomic E-state index is 13.9. The van der Waals surface area contributed by atoms with Gasteiger partial charge in [0.05, 0.1) is 6.61 Å². The fourth-order valence-corrected chi connectivity index (χ4v) is 3.62. The summed E-state index contributed by atoms with van der Waals surface area (Å²) in [6.45, 7) is 2.19. The fourth-order valence-electron chi connectivity index (χ4n) is 2.58. The number of hydrogen-bond donors (Lipinski definition) is 2. The lowest BCUT2D eigenvalue weighted by molar-refractivity contribution is 0.285. The van der Waals surface area contributed by atoms with Gasteiger partial charge in [0.15, 0.2) is 11.6 Å².